The summed E-state index contributed by atoms with van der Waals surface area (Å²) in [5.74, 6) is 0.830. The van der Waals surface area contributed by atoms with Crippen LogP contribution in [0.15, 0.2) is 77.9 Å². The van der Waals surface area contributed by atoms with Crippen molar-refractivity contribution < 1.29 is 9.53 Å². The first-order chi connectivity index (χ1) is 14.6. The van der Waals surface area contributed by atoms with Gasteiger partial charge in [0.05, 0.1) is 30.1 Å². The van der Waals surface area contributed by atoms with Gasteiger partial charge in [0.15, 0.2) is 0 Å². The van der Waals surface area contributed by atoms with Crippen molar-refractivity contribution >= 4 is 34.1 Å². The molecule has 0 aliphatic carbocycles. The van der Waals surface area contributed by atoms with Gasteiger partial charge < -0.3 is 10.1 Å². The van der Waals surface area contributed by atoms with E-state index in [1.165, 1.54) is 12.4 Å². The minimum Gasteiger partial charge on any atom is -0.439 e. The highest BCUT2D eigenvalue weighted by atomic mass is 35.5. The molecule has 4 aromatic rings. The third-order valence-corrected chi connectivity index (χ3v) is 4.62. The van der Waals surface area contributed by atoms with Crippen molar-refractivity contribution in [3.05, 3.63) is 88.3 Å². The predicted octanol–water partition coefficient (Wildman–Crippen LogP) is 4.27. The van der Waals surface area contributed by atoms with Crippen molar-refractivity contribution in [2.45, 2.75) is 13.0 Å². The van der Waals surface area contributed by atoms with Gasteiger partial charge in [-0.3, -0.25) is 14.3 Å². The summed E-state index contributed by atoms with van der Waals surface area (Å²) in [6, 6.07) is 17.5. The van der Waals surface area contributed by atoms with E-state index in [0.29, 0.717) is 39.8 Å². The van der Waals surface area contributed by atoms with Crippen LogP contribution in [-0.2, 0) is 11.3 Å². The molecule has 1 N–H and O–H groups in total. The van der Waals surface area contributed by atoms with Gasteiger partial charge in [0, 0.05) is 22.9 Å². The number of ether oxygens (including phenoxy) is 1. The summed E-state index contributed by atoms with van der Waals surface area (Å²) in [6.45, 7) is 0.345. The zero-order chi connectivity index (χ0) is 20.9. The minimum atomic E-state index is -0.187. The van der Waals surface area contributed by atoms with Gasteiger partial charge in [-0.25, -0.2) is 4.98 Å². The number of carbonyl (C=O) groups is 1. The number of benzene rings is 2. The second kappa shape index (κ2) is 8.75. The van der Waals surface area contributed by atoms with Gasteiger partial charge in [-0.05, 0) is 42.5 Å². The van der Waals surface area contributed by atoms with E-state index in [4.69, 9.17) is 16.3 Å². The van der Waals surface area contributed by atoms with Crippen molar-refractivity contribution in [3.63, 3.8) is 0 Å². The fraction of sp³-hybridized carbons (Fsp3) is 0.0909. The molecule has 0 aliphatic heterocycles. The maximum absolute atomic E-state index is 12.3. The van der Waals surface area contributed by atoms with Gasteiger partial charge in [-0.15, -0.1) is 0 Å². The predicted molar refractivity (Wildman–Crippen MR) is 115 cm³/mol. The number of carbonyl (C=O) groups excluding carboxylic acids is 1. The number of para-hydroxylation sites is 1. The fourth-order valence-electron chi connectivity index (χ4n) is 2.91. The smallest absolute Gasteiger partial charge is 0.226 e. The van der Waals surface area contributed by atoms with Crippen LogP contribution in [0.25, 0.3) is 10.9 Å². The lowest BCUT2D eigenvalue weighted by Gasteiger charge is -2.10. The zero-order valence-corrected chi connectivity index (χ0v) is 16.5. The average molecular weight is 421 g/mol. The van der Waals surface area contributed by atoms with Crippen molar-refractivity contribution in [2.24, 2.45) is 0 Å². The Morgan fingerprint density at radius 2 is 1.83 bits per heavy atom. The molecule has 2 aromatic heterocycles. The van der Waals surface area contributed by atoms with Crippen LogP contribution < -0.4 is 15.5 Å². The lowest BCUT2D eigenvalue weighted by Crippen LogP contribution is -2.18. The number of amides is 1. The quantitative estimate of drug-likeness (QED) is 0.503. The third kappa shape index (κ3) is 4.64. The number of nitrogens with zero attached hydrogens (tertiary/aromatic N) is 3. The third-order valence-electron chi connectivity index (χ3n) is 4.37. The first-order valence-corrected chi connectivity index (χ1v) is 9.60. The van der Waals surface area contributed by atoms with Crippen molar-refractivity contribution in [2.75, 3.05) is 5.32 Å². The number of pyridine rings is 1. The number of hydrogen-bond donors (Lipinski definition) is 1. The molecule has 150 valence electrons. The van der Waals surface area contributed by atoms with E-state index in [1.807, 2.05) is 12.1 Å². The van der Waals surface area contributed by atoms with Gasteiger partial charge in [-0.2, -0.15) is 5.10 Å². The molecule has 0 aliphatic rings. The van der Waals surface area contributed by atoms with Gasteiger partial charge >= 0.3 is 0 Å². The Kier molecular flexibility index (Phi) is 5.72. The molecular formula is C22H17ClN4O3. The monoisotopic (exact) mass is 420 g/mol. The summed E-state index contributed by atoms with van der Waals surface area (Å²) in [5.41, 5.74) is 1.11. The molecule has 2 aromatic carbocycles. The van der Waals surface area contributed by atoms with E-state index in [-0.39, 0.29) is 17.8 Å². The highest BCUT2D eigenvalue weighted by molar-refractivity contribution is 6.30. The molecule has 0 spiro atoms. The topological polar surface area (TPSA) is 86.1 Å². The van der Waals surface area contributed by atoms with Crippen LogP contribution >= 0.6 is 11.6 Å². The Balaban J connectivity index is 1.36. The summed E-state index contributed by atoms with van der Waals surface area (Å²) >= 11 is 5.85. The van der Waals surface area contributed by atoms with Crippen LogP contribution in [0.1, 0.15) is 6.42 Å². The minimum absolute atomic E-state index is 0.140. The van der Waals surface area contributed by atoms with E-state index >= 15 is 0 Å². The molecule has 1 amide bonds. The van der Waals surface area contributed by atoms with Crippen LogP contribution in [0, 0.1) is 0 Å². The average Bonchev–Trinajstić information content (AvgIpc) is 2.76. The van der Waals surface area contributed by atoms with Gasteiger partial charge in [-0.1, -0.05) is 23.7 Å². The molecule has 4 rings (SSSR count). The lowest BCUT2D eigenvalue weighted by molar-refractivity contribution is -0.116. The molecule has 2 heterocycles. The van der Waals surface area contributed by atoms with Crippen LogP contribution in [0.5, 0.6) is 11.6 Å². The van der Waals surface area contributed by atoms with Crippen LogP contribution in [0.4, 0.5) is 5.69 Å². The number of aryl methyl sites for hydroxylation is 1. The van der Waals surface area contributed by atoms with Crippen molar-refractivity contribution in [3.8, 4) is 11.6 Å². The molecule has 0 bridgehead atoms. The Bertz CT molecular complexity index is 1240. The van der Waals surface area contributed by atoms with Crippen LogP contribution in [-0.4, -0.2) is 20.7 Å². The highest BCUT2D eigenvalue weighted by Gasteiger charge is 2.08. The number of hydrogen-bond acceptors (Lipinski definition) is 5. The van der Waals surface area contributed by atoms with Crippen LogP contribution in [0.2, 0.25) is 5.02 Å². The molecule has 7 nitrogen and oxygen atoms in total. The van der Waals surface area contributed by atoms with E-state index < -0.39 is 0 Å². The van der Waals surface area contributed by atoms with E-state index in [9.17, 15) is 9.59 Å². The normalized spacial score (nSPS) is 10.7. The maximum Gasteiger partial charge on any atom is 0.226 e. The number of rotatable bonds is 6. The molecule has 0 fully saturated rings. The Hall–Kier alpha value is -3.71. The second-order valence-electron chi connectivity index (χ2n) is 6.49. The first-order valence-electron chi connectivity index (χ1n) is 9.23. The van der Waals surface area contributed by atoms with Gasteiger partial charge in [0.1, 0.15) is 5.75 Å². The summed E-state index contributed by atoms with van der Waals surface area (Å²) < 4.78 is 7.28. The molecule has 0 saturated carbocycles. The summed E-state index contributed by atoms with van der Waals surface area (Å²) in [6.07, 6.45) is 2.99. The zero-order valence-electron chi connectivity index (χ0n) is 15.8. The maximum atomic E-state index is 12.3. The van der Waals surface area contributed by atoms with Gasteiger partial charge in [0.2, 0.25) is 17.2 Å². The molecule has 0 atom stereocenters. The SMILES string of the molecule is O=C(CCn1ncc(=O)c2ccccc21)Nc1ccc(Oc2ccc(Cl)cc2)nc1. The van der Waals surface area contributed by atoms with E-state index in [0.717, 1.165) is 0 Å². The van der Waals surface area contributed by atoms with E-state index in [1.54, 1.807) is 53.2 Å². The number of fused-ring (bicyclic) bond motifs is 1. The Morgan fingerprint density at radius 1 is 1.03 bits per heavy atom. The highest BCUT2D eigenvalue weighted by Crippen LogP contribution is 2.22. The molecule has 0 saturated heterocycles. The largest absolute Gasteiger partial charge is 0.439 e. The number of halogens is 1. The van der Waals surface area contributed by atoms with E-state index in [2.05, 4.69) is 15.4 Å². The summed E-state index contributed by atoms with van der Waals surface area (Å²) in [7, 11) is 0. The molecule has 0 radical (unpaired) electrons. The molecule has 0 unspecified atom stereocenters. The van der Waals surface area contributed by atoms with Crippen molar-refractivity contribution in [1.82, 2.24) is 14.8 Å². The molecule has 30 heavy (non-hydrogen) atoms. The lowest BCUT2D eigenvalue weighted by atomic mass is 10.2. The Morgan fingerprint density at radius 3 is 2.60 bits per heavy atom. The second-order valence-corrected chi connectivity index (χ2v) is 6.92. The number of anilines is 1. The molecule has 8 heteroatoms. The Labute approximate surface area is 176 Å². The van der Waals surface area contributed by atoms with Gasteiger partial charge in [0.25, 0.3) is 0 Å². The molecular weight excluding hydrogens is 404 g/mol. The van der Waals surface area contributed by atoms with Crippen LogP contribution in [0.3, 0.4) is 0 Å². The van der Waals surface area contributed by atoms with Crippen molar-refractivity contribution in [1.29, 1.82) is 0 Å². The summed E-state index contributed by atoms with van der Waals surface area (Å²) in [5, 5.41) is 8.12. The first kappa shape index (κ1) is 19.6. The number of aromatic nitrogens is 3. The fourth-order valence-corrected chi connectivity index (χ4v) is 3.03. The summed E-state index contributed by atoms with van der Waals surface area (Å²) in [4.78, 5) is 28.4. The standard InChI is InChI=1S/C22H17ClN4O3/c23-15-5-8-17(9-6-15)30-22-10-7-16(13-24-22)26-21(29)11-12-27-19-4-2-1-3-18(19)20(28)14-25-27/h1-10,13-14H,11-12H2,(H,26,29). The number of nitrogens with one attached hydrogen (secondary N) is 1.